The van der Waals surface area contributed by atoms with E-state index in [0.717, 1.165) is 5.69 Å². The van der Waals surface area contributed by atoms with Gasteiger partial charge in [-0.05, 0) is 13.8 Å². The molecule has 0 aliphatic carbocycles. The first-order chi connectivity index (χ1) is 6.88. The molecule has 1 unspecified atom stereocenters. The molecule has 0 spiro atoms. The van der Waals surface area contributed by atoms with Crippen molar-refractivity contribution >= 4 is 17.6 Å². The largest absolute Gasteiger partial charge is 0.468 e. The van der Waals surface area contributed by atoms with E-state index in [1.54, 1.807) is 11.6 Å². The van der Waals surface area contributed by atoms with Crippen molar-refractivity contribution in [1.29, 1.82) is 0 Å². The fraction of sp³-hybridized carbons (Fsp3) is 0.556. The molecule has 5 nitrogen and oxygen atoms in total. The van der Waals surface area contributed by atoms with Crippen LogP contribution in [0.3, 0.4) is 0 Å². The van der Waals surface area contributed by atoms with Crippen LogP contribution in [0, 0.1) is 6.92 Å². The van der Waals surface area contributed by atoms with Crippen LogP contribution in [0.4, 0.5) is 0 Å². The monoisotopic (exact) mass is 231 g/mol. The Morgan fingerprint density at radius 2 is 2.40 bits per heavy atom. The van der Waals surface area contributed by atoms with Crippen LogP contribution in [0.15, 0.2) is 6.20 Å². The van der Waals surface area contributed by atoms with Gasteiger partial charge < -0.3 is 10.5 Å². The average Bonchev–Trinajstić information content (AvgIpc) is 2.48. The molecule has 84 valence electrons. The van der Waals surface area contributed by atoms with Crippen LogP contribution in [-0.2, 0) is 16.1 Å². The van der Waals surface area contributed by atoms with Crippen LogP contribution in [0.5, 0.6) is 0 Å². The van der Waals surface area contributed by atoms with Gasteiger partial charge in [0.05, 0.1) is 30.6 Å². The summed E-state index contributed by atoms with van der Waals surface area (Å²) in [6.07, 6.45) is 1.52. The number of nitrogens with two attached hydrogens (primary N) is 1. The molecule has 1 aromatic rings. The van der Waals surface area contributed by atoms with Crippen molar-refractivity contribution in [2.75, 3.05) is 7.11 Å². The van der Waals surface area contributed by atoms with Gasteiger partial charge in [0.25, 0.3) is 0 Å². The smallest absolute Gasteiger partial charge is 0.327 e. The number of rotatable bonds is 3. The summed E-state index contributed by atoms with van der Waals surface area (Å²) in [6, 6.07) is 0. The standard InChI is InChI=1S/C9H14ClN3O2/c1-6-7(10)4-12-13(6)5-9(2,11)8(14)15-3/h4H,5,11H2,1-3H3. The lowest BCUT2D eigenvalue weighted by molar-refractivity contribution is -0.147. The van der Waals surface area contributed by atoms with Crippen LogP contribution >= 0.6 is 11.6 Å². The molecule has 1 atom stereocenters. The maximum atomic E-state index is 11.3. The van der Waals surface area contributed by atoms with Crippen molar-refractivity contribution in [1.82, 2.24) is 9.78 Å². The highest BCUT2D eigenvalue weighted by molar-refractivity contribution is 6.31. The van der Waals surface area contributed by atoms with Crippen molar-refractivity contribution in [3.63, 3.8) is 0 Å². The van der Waals surface area contributed by atoms with Gasteiger partial charge in [0.15, 0.2) is 0 Å². The van der Waals surface area contributed by atoms with Crippen LogP contribution in [-0.4, -0.2) is 28.4 Å². The van der Waals surface area contributed by atoms with Crippen molar-refractivity contribution in [2.24, 2.45) is 5.73 Å². The molecular formula is C9H14ClN3O2. The lowest BCUT2D eigenvalue weighted by Gasteiger charge is -2.21. The summed E-state index contributed by atoms with van der Waals surface area (Å²) in [5.41, 5.74) is 5.48. The maximum absolute atomic E-state index is 11.3. The summed E-state index contributed by atoms with van der Waals surface area (Å²) in [4.78, 5) is 11.3. The first kappa shape index (κ1) is 12.0. The SMILES string of the molecule is COC(=O)C(C)(N)Cn1ncc(Cl)c1C. The van der Waals surface area contributed by atoms with Gasteiger partial charge in [0, 0.05) is 0 Å². The first-order valence-corrected chi connectivity index (χ1v) is 4.81. The summed E-state index contributed by atoms with van der Waals surface area (Å²) < 4.78 is 6.18. The quantitative estimate of drug-likeness (QED) is 0.779. The lowest BCUT2D eigenvalue weighted by atomic mass is 10.1. The van der Waals surface area contributed by atoms with Crippen LogP contribution < -0.4 is 5.73 Å². The fourth-order valence-electron chi connectivity index (χ4n) is 1.19. The summed E-state index contributed by atoms with van der Waals surface area (Å²) in [6.45, 7) is 3.63. The normalized spacial score (nSPS) is 14.7. The highest BCUT2D eigenvalue weighted by Crippen LogP contribution is 2.15. The highest BCUT2D eigenvalue weighted by Gasteiger charge is 2.31. The zero-order chi connectivity index (χ0) is 11.6. The Hall–Kier alpha value is -1.07. The molecule has 0 aliphatic heterocycles. The average molecular weight is 232 g/mol. The number of nitrogens with zero attached hydrogens (tertiary/aromatic N) is 2. The Morgan fingerprint density at radius 3 is 2.80 bits per heavy atom. The topological polar surface area (TPSA) is 70.1 Å². The van der Waals surface area contributed by atoms with E-state index in [4.69, 9.17) is 17.3 Å². The van der Waals surface area contributed by atoms with Crippen LogP contribution in [0.1, 0.15) is 12.6 Å². The molecule has 0 saturated carbocycles. The molecule has 0 saturated heterocycles. The Morgan fingerprint density at radius 1 is 1.80 bits per heavy atom. The van der Waals surface area contributed by atoms with Gasteiger partial charge in [0.1, 0.15) is 5.54 Å². The van der Waals surface area contributed by atoms with Crippen LogP contribution in [0.25, 0.3) is 0 Å². The van der Waals surface area contributed by atoms with Gasteiger partial charge in [-0.15, -0.1) is 0 Å². The minimum absolute atomic E-state index is 0.234. The third-order valence-corrected chi connectivity index (χ3v) is 2.54. The summed E-state index contributed by atoms with van der Waals surface area (Å²) >= 11 is 5.83. The summed E-state index contributed by atoms with van der Waals surface area (Å²) in [7, 11) is 1.30. The number of hydrogen-bond donors (Lipinski definition) is 1. The van der Waals surface area contributed by atoms with Gasteiger partial charge in [-0.2, -0.15) is 5.10 Å². The van der Waals surface area contributed by atoms with Gasteiger partial charge in [0.2, 0.25) is 0 Å². The predicted molar refractivity (Wildman–Crippen MR) is 56.6 cm³/mol. The lowest BCUT2D eigenvalue weighted by Crippen LogP contribution is -2.49. The molecule has 15 heavy (non-hydrogen) atoms. The van der Waals surface area contributed by atoms with Crippen molar-refractivity contribution in [2.45, 2.75) is 25.9 Å². The number of carbonyl (C=O) groups excluding carboxylic acids is 1. The number of hydrogen-bond acceptors (Lipinski definition) is 4. The number of ether oxygens (including phenoxy) is 1. The molecular weight excluding hydrogens is 218 g/mol. The van der Waals surface area contributed by atoms with Gasteiger partial charge in [-0.1, -0.05) is 11.6 Å². The van der Waals surface area contributed by atoms with E-state index < -0.39 is 11.5 Å². The third-order valence-electron chi connectivity index (χ3n) is 2.17. The summed E-state index contributed by atoms with van der Waals surface area (Å²) in [5, 5.41) is 4.57. The number of halogens is 1. The van der Waals surface area contributed by atoms with E-state index in [1.165, 1.54) is 13.3 Å². The minimum Gasteiger partial charge on any atom is -0.468 e. The van der Waals surface area contributed by atoms with E-state index in [0.29, 0.717) is 5.02 Å². The molecule has 0 bridgehead atoms. The van der Waals surface area contributed by atoms with E-state index in [2.05, 4.69) is 9.84 Å². The third kappa shape index (κ3) is 2.49. The molecule has 1 rings (SSSR count). The molecule has 2 N–H and O–H groups in total. The first-order valence-electron chi connectivity index (χ1n) is 4.43. The number of methoxy groups -OCH3 is 1. The predicted octanol–water partition coefficient (Wildman–Crippen LogP) is 0.735. The number of aromatic nitrogens is 2. The van der Waals surface area contributed by atoms with Gasteiger partial charge >= 0.3 is 5.97 Å². The second-order valence-electron chi connectivity index (χ2n) is 3.64. The zero-order valence-electron chi connectivity index (χ0n) is 8.95. The maximum Gasteiger partial charge on any atom is 0.327 e. The molecule has 1 heterocycles. The molecule has 0 fully saturated rings. The van der Waals surface area contributed by atoms with Crippen molar-refractivity contribution < 1.29 is 9.53 Å². The van der Waals surface area contributed by atoms with E-state index >= 15 is 0 Å². The molecule has 0 aromatic carbocycles. The highest BCUT2D eigenvalue weighted by atomic mass is 35.5. The van der Waals surface area contributed by atoms with Gasteiger partial charge in [-0.25, -0.2) is 0 Å². The molecule has 0 amide bonds. The Bertz CT molecular complexity index is 373. The number of esters is 1. The van der Waals surface area contributed by atoms with Crippen molar-refractivity contribution in [3.8, 4) is 0 Å². The summed E-state index contributed by atoms with van der Waals surface area (Å²) in [5.74, 6) is -0.478. The van der Waals surface area contributed by atoms with E-state index in [-0.39, 0.29) is 6.54 Å². The Kier molecular flexibility index (Phi) is 3.36. The zero-order valence-corrected chi connectivity index (χ0v) is 9.71. The molecule has 1 aromatic heterocycles. The molecule has 0 radical (unpaired) electrons. The van der Waals surface area contributed by atoms with Crippen molar-refractivity contribution in [3.05, 3.63) is 16.9 Å². The second kappa shape index (κ2) is 4.20. The van der Waals surface area contributed by atoms with E-state index in [9.17, 15) is 4.79 Å². The minimum atomic E-state index is -1.10. The fourth-order valence-corrected chi connectivity index (χ4v) is 1.33. The molecule has 0 aliphatic rings. The van der Waals surface area contributed by atoms with Gasteiger partial charge in [-0.3, -0.25) is 9.48 Å². The Labute approximate surface area is 93.1 Å². The second-order valence-corrected chi connectivity index (χ2v) is 4.05. The molecule has 6 heteroatoms. The Balaban J connectivity index is 2.86. The van der Waals surface area contributed by atoms with E-state index in [1.807, 2.05) is 6.92 Å². The van der Waals surface area contributed by atoms with Crippen LogP contribution in [0.2, 0.25) is 5.02 Å². The number of carbonyl (C=O) groups is 1.